The number of fused-ring (bicyclic) bond motifs is 1. The van der Waals surface area contributed by atoms with Crippen LogP contribution in [0, 0.1) is 0 Å². The van der Waals surface area contributed by atoms with Crippen molar-refractivity contribution in [3.8, 4) is 0 Å². The summed E-state index contributed by atoms with van der Waals surface area (Å²) in [5.41, 5.74) is 8.03. The van der Waals surface area contributed by atoms with Crippen LogP contribution in [0.3, 0.4) is 0 Å². The highest BCUT2D eigenvalue weighted by Gasteiger charge is 2.20. The fourth-order valence-corrected chi connectivity index (χ4v) is 2.90. The van der Waals surface area contributed by atoms with Crippen molar-refractivity contribution in [1.82, 2.24) is 9.88 Å². The fourth-order valence-electron chi connectivity index (χ4n) is 2.90. The standard InChI is InChI=1S/C16H22N4O/c17-12-14-11-13-3-1-2-4-15(13)18-16(14)20-7-5-19(6-8-20)9-10-21/h1-4,11,21H,5-10,12,17H2. The lowest BCUT2D eigenvalue weighted by atomic mass is 10.1. The van der Waals surface area contributed by atoms with E-state index in [0.29, 0.717) is 6.54 Å². The predicted molar refractivity (Wildman–Crippen MR) is 85.4 cm³/mol. The molecule has 1 fully saturated rings. The zero-order valence-corrected chi connectivity index (χ0v) is 12.2. The van der Waals surface area contributed by atoms with Gasteiger partial charge in [0.25, 0.3) is 0 Å². The van der Waals surface area contributed by atoms with Crippen molar-refractivity contribution in [2.45, 2.75) is 6.54 Å². The molecule has 0 aliphatic carbocycles. The van der Waals surface area contributed by atoms with Crippen LogP contribution in [0.5, 0.6) is 0 Å². The largest absolute Gasteiger partial charge is 0.395 e. The third kappa shape index (κ3) is 3.00. The summed E-state index contributed by atoms with van der Waals surface area (Å²) in [4.78, 5) is 9.40. The van der Waals surface area contributed by atoms with Crippen LogP contribution in [0.15, 0.2) is 30.3 Å². The second kappa shape index (κ2) is 6.39. The summed E-state index contributed by atoms with van der Waals surface area (Å²) in [5, 5.41) is 10.2. The number of nitrogens with zero attached hydrogens (tertiary/aromatic N) is 3. The molecule has 1 aromatic carbocycles. The fraction of sp³-hybridized carbons (Fsp3) is 0.438. The number of anilines is 1. The van der Waals surface area contributed by atoms with E-state index in [-0.39, 0.29) is 6.61 Å². The number of benzene rings is 1. The number of para-hydroxylation sites is 1. The van der Waals surface area contributed by atoms with Crippen molar-refractivity contribution in [3.63, 3.8) is 0 Å². The minimum atomic E-state index is 0.224. The number of piperazine rings is 1. The number of β-amino-alcohol motifs (C(OH)–C–C–N with tert-alkyl or cyclic N) is 1. The zero-order valence-electron chi connectivity index (χ0n) is 12.2. The normalized spacial score (nSPS) is 16.6. The van der Waals surface area contributed by atoms with E-state index in [2.05, 4.69) is 21.9 Å². The van der Waals surface area contributed by atoms with Gasteiger partial charge in [0.2, 0.25) is 0 Å². The van der Waals surface area contributed by atoms with Gasteiger partial charge in [-0.3, -0.25) is 4.90 Å². The molecule has 0 radical (unpaired) electrons. The van der Waals surface area contributed by atoms with E-state index in [0.717, 1.165) is 55.0 Å². The summed E-state index contributed by atoms with van der Waals surface area (Å²) in [6.45, 7) is 5.25. The third-order valence-electron chi connectivity index (χ3n) is 4.09. The average molecular weight is 286 g/mol. The van der Waals surface area contributed by atoms with Gasteiger partial charge in [-0.15, -0.1) is 0 Å². The van der Waals surface area contributed by atoms with Crippen LogP contribution in [0.25, 0.3) is 10.9 Å². The Bertz CT molecular complexity index is 608. The number of aromatic nitrogens is 1. The van der Waals surface area contributed by atoms with Crippen LogP contribution in [-0.2, 0) is 6.54 Å². The average Bonchev–Trinajstić information content (AvgIpc) is 2.54. The Balaban J connectivity index is 1.86. The minimum Gasteiger partial charge on any atom is -0.395 e. The van der Waals surface area contributed by atoms with Crippen molar-refractivity contribution >= 4 is 16.7 Å². The lowest BCUT2D eigenvalue weighted by Crippen LogP contribution is -2.47. The summed E-state index contributed by atoms with van der Waals surface area (Å²) >= 11 is 0. The van der Waals surface area contributed by atoms with Crippen molar-refractivity contribution in [1.29, 1.82) is 0 Å². The van der Waals surface area contributed by atoms with Crippen LogP contribution < -0.4 is 10.6 Å². The molecule has 21 heavy (non-hydrogen) atoms. The molecule has 2 aromatic rings. The number of aliphatic hydroxyl groups is 1. The maximum Gasteiger partial charge on any atom is 0.133 e. The molecule has 0 unspecified atom stereocenters. The lowest BCUT2D eigenvalue weighted by Gasteiger charge is -2.36. The van der Waals surface area contributed by atoms with Crippen molar-refractivity contribution in [2.24, 2.45) is 5.73 Å². The molecule has 5 nitrogen and oxygen atoms in total. The van der Waals surface area contributed by atoms with Gasteiger partial charge in [-0.1, -0.05) is 18.2 Å². The second-order valence-corrected chi connectivity index (χ2v) is 5.42. The molecule has 1 aliphatic heterocycles. The highest BCUT2D eigenvalue weighted by Crippen LogP contribution is 2.24. The molecule has 0 bridgehead atoms. The Hall–Kier alpha value is -1.69. The lowest BCUT2D eigenvalue weighted by molar-refractivity contribution is 0.188. The van der Waals surface area contributed by atoms with Crippen molar-refractivity contribution in [3.05, 3.63) is 35.9 Å². The topological polar surface area (TPSA) is 65.6 Å². The van der Waals surface area contributed by atoms with E-state index in [4.69, 9.17) is 15.8 Å². The zero-order chi connectivity index (χ0) is 14.7. The molecule has 0 saturated carbocycles. The Morgan fingerprint density at radius 2 is 1.90 bits per heavy atom. The Morgan fingerprint density at radius 3 is 2.62 bits per heavy atom. The van der Waals surface area contributed by atoms with Crippen LogP contribution in [-0.4, -0.2) is 54.3 Å². The molecule has 1 aliphatic rings. The molecule has 5 heteroatoms. The summed E-state index contributed by atoms with van der Waals surface area (Å²) in [6, 6.07) is 10.3. The highest BCUT2D eigenvalue weighted by molar-refractivity contribution is 5.81. The first-order valence-corrected chi connectivity index (χ1v) is 7.48. The Kier molecular flexibility index (Phi) is 4.34. The van der Waals surface area contributed by atoms with E-state index in [1.165, 1.54) is 0 Å². The Morgan fingerprint density at radius 1 is 1.14 bits per heavy atom. The number of aliphatic hydroxyl groups excluding tert-OH is 1. The van der Waals surface area contributed by atoms with Gasteiger partial charge in [0.05, 0.1) is 12.1 Å². The smallest absolute Gasteiger partial charge is 0.133 e. The Labute approximate surface area is 125 Å². The van der Waals surface area contributed by atoms with Gasteiger partial charge in [-0.2, -0.15) is 0 Å². The van der Waals surface area contributed by atoms with Gasteiger partial charge in [0.1, 0.15) is 5.82 Å². The molecule has 0 amide bonds. The van der Waals surface area contributed by atoms with Gasteiger partial charge in [0.15, 0.2) is 0 Å². The molecule has 3 rings (SSSR count). The van der Waals surface area contributed by atoms with Crippen molar-refractivity contribution in [2.75, 3.05) is 44.2 Å². The van der Waals surface area contributed by atoms with Gasteiger partial charge in [-0.05, 0) is 12.1 Å². The van der Waals surface area contributed by atoms with Gasteiger partial charge in [0, 0.05) is 50.2 Å². The van der Waals surface area contributed by atoms with E-state index in [9.17, 15) is 0 Å². The molecule has 2 heterocycles. The quantitative estimate of drug-likeness (QED) is 0.870. The van der Waals surface area contributed by atoms with Gasteiger partial charge < -0.3 is 15.7 Å². The molecule has 1 aromatic heterocycles. The molecule has 112 valence electrons. The third-order valence-corrected chi connectivity index (χ3v) is 4.09. The number of rotatable bonds is 4. The summed E-state index contributed by atoms with van der Waals surface area (Å²) in [7, 11) is 0. The minimum absolute atomic E-state index is 0.224. The number of nitrogens with two attached hydrogens (primary N) is 1. The molecular formula is C16H22N4O. The summed E-state index contributed by atoms with van der Waals surface area (Å²) in [5.74, 6) is 1.01. The summed E-state index contributed by atoms with van der Waals surface area (Å²) < 4.78 is 0. The van der Waals surface area contributed by atoms with Gasteiger partial charge >= 0.3 is 0 Å². The van der Waals surface area contributed by atoms with Crippen LogP contribution in [0.4, 0.5) is 5.82 Å². The van der Waals surface area contributed by atoms with Gasteiger partial charge in [-0.25, -0.2) is 4.98 Å². The highest BCUT2D eigenvalue weighted by atomic mass is 16.3. The number of hydrogen-bond acceptors (Lipinski definition) is 5. The molecule has 0 atom stereocenters. The predicted octanol–water partition coefficient (Wildman–Crippen LogP) is 0.808. The van der Waals surface area contributed by atoms with E-state index in [1.54, 1.807) is 0 Å². The second-order valence-electron chi connectivity index (χ2n) is 5.42. The molecule has 0 spiro atoms. The van der Waals surface area contributed by atoms with Crippen LogP contribution >= 0.6 is 0 Å². The molecule has 1 saturated heterocycles. The van der Waals surface area contributed by atoms with Crippen LogP contribution in [0.2, 0.25) is 0 Å². The molecule has 3 N–H and O–H groups in total. The first kappa shape index (κ1) is 14.3. The van der Waals surface area contributed by atoms with Crippen molar-refractivity contribution < 1.29 is 5.11 Å². The first-order valence-electron chi connectivity index (χ1n) is 7.48. The number of hydrogen-bond donors (Lipinski definition) is 2. The van der Waals surface area contributed by atoms with E-state index in [1.807, 2.05) is 18.2 Å². The SMILES string of the molecule is NCc1cc2ccccc2nc1N1CCN(CCO)CC1. The van der Waals surface area contributed by atoms with E-state index >= 15 is 0 Å². The number of pyridine rings is 1. The van der Waals surface area contributed by atoms with E-state index < -0.39 is 0 Å². The first-order chi connectivity index (χ1) is 10.3. The molecular weight excluding hydrogens is 264 g/mol. The maximum absolute atomic E-state index is 9.02. The monoisotopic (exact) mass is 286 g/mol. The maximum atomic E-state index is 9.02. The summed E-state index contributed by atoms with van der Waals surface area (Å²) in [6.07, 6.45) is 0. The van der Waals surface area contributed by atoms with Crippen LogP contribution in [0.1, 0.15) is 5.56 Å².